The van der Waals surface area contributed by atoms with Gasteiger partial charge >= 0.3 is 0 Å². The van der Waals surface area contributed by atoms with Crippen molar-refractivity contribution in [1.29, 1.82) is 0 Å². The fraction of sp³-hybridized carbons (Fsp3) is 0.0556. The molecule has 0 spiro atoms. The Morgan fingerprint density at radius 3 is 2.80 bits per heavy atom. The van der Waals surface area contributed by atoms with Gasteiger partial charge < -0.3 is 10.3 Å². The van der Waals surface area contributed by atoms with Crippen LogP contribution < -0.4 is 5.32 Å². The van der Waals surface area contributed by atoms with Crippen LogP contribution in [0.4, 0.5) is 18.3 Å². The standard InChI is InChI=1S/C18H9F3N6OS2/c19-8-5-10-15(13(21)12(8)20)24-17(30-10)23-11(28)6-29-18-25-16-14(26-27-18)7-3-1-2-4-9(7)22-16/h1-5H,6H2,(H,22,25,27)(H,23,24,28). The number of anilines is 1. The van der Waals surface area contributed by atoms with Crippen molar-refractivity contribution in [2.45, 2.75) is 5.16 Å². The third kappa shape index (κ3) is 3.23. The Kier molecular flexibility index (Phi) is 4.51. The van der Waals surface area contributed by atoms with Gasteiger partial charge in [-0.05, 0) is 12.1 Å². The lowest BCUT2D eigenvalue weighted by molar-refractivity contribution is -0.113. The Hall–Kier alpha value is -3.25. The molecule has 5 aromatic rings. The molecule has 0 aliphatic heterocycles. The lowest BCUT2D eigenvalue weighted by Gasteiger charge is -2.00. The van der Waals surface area contributed by atoms with Gasteiger partial charge in [-0.15, -0.1) is 10.2 Å². The smallest absolute Gasteiger partial charge is 0.236 e. The van der Waals surface area contributed by atoms with Gasteiger partial charge in [0.25, 0.3) is 0 Å². The summed E-state index contributed by atoms with van der Waals surface area (Å²) in [6.07, 6.45) is 0. The molecule has 2 N–H and O–H groups in total. The molecule has 3 heterocycles. The second-order valence-corrected chi connectivity index (χ2v) is 8.12. The van der Waals surface area contributed by atoms with Crippen LogP contribution in [-0.4, -0.2) is 36.8 Å². The lowest BCUT2D eigenvalue weighted by atomic mass is 10.2. The molecule has 0 aliphatic carbocycles. The molecule has 3 aromatic heterocycles. The zero-order valence-electron chi connectivity index (χ0n) is 14.7. The molecule has 0 radical (unpaired) electrons. The van der Waals surface area contributed by atoms with Crippen molar-refractivity contribution in [3.63, 3.8) is 0 Å². The Labute approximate surface area is 173 Å². The SMILES string of the molecule is O=C(CSc1nnc2c(n1)[nH]c1ccccc12)Nc1nc2c(F)c(F)c(F)cc2s1. The molecule has 12 heteroatoms. The van der Waals surface area contributed by atoms with E-state index in [1.165, 1.54) is 0 Å². The molecule has 0 fully saturated rings. The van der Waals surface area contributed by atoms with Crippen molar-refractivity contribution in [2.24, 2.45) is 0 Å². The van der Waals surface area contributed by atoms with Gasteiger partial charge in [-0.25, -0.2) is 23.1 Å². The number of thioether (sulfide) groups is 1. The minimum atomic E-state index is -1.60. The number of fused-ring (bicyclic) bond motifs is 4. The molecule has 7 nitrogen and oxygen atoms in total. The number of rotatable bonds is 4. The molecular formula is C18H9F3N6OS2. The van der Waals surface area contributed by atoms with Crippen LogP contribution in [0.5, 0.6) is 0 Å². The number of amides is 1. The van der Waals surface area contributed by atoms with E-state index in [0.717, 1.165) is 40.1 Å². The van der Waals surface area contributed by atoms with Crippen LogP contribution in [0.25, 0.3) is 32.3 Å². The zero-order chi connectivity index (χ0) is 20.8. The van der Waals surface area contributed by atoms with Crippen LogP contribution in [-0.2, 0) is 4.79 Å². The average molecular weight is 446 g/mol. The monoisotopic (exact) mass is 446 g/mol. The number of aromatic nitrogens is 5. The number of H-pyrrole nitrogens is 1. The quantitative estimate of drug-likeness (QED) is 0.316. The van der Waals surface area contributed by atoms with E-state index in [4.69, 9.17) is 0 Å². The van der Waals surface area contributed by atoms with Gasteiger partial charge in [-0.2, -0.15) is 0 Å². The molecule has 150 valence electrons. The Balaban J connectivity index is 1.31. The third-order valence-corrected chi connectivity index (χ3v) is 5.96. The minimum Gasteiger partial charge on any atom is -0.338 e. The van der Waals surface area contributed by atoms with Gasteiger partial charge in [0.1, 0.15) is 11.0 Å². The molecule has 0 saturated carbocycles. The van der Waals surface area contributed by atoms with Gasteiger partial charge in [-0.1, -0.05) is 41.3 Å². The van der Waals surface area contributed by atoms with Crippen LogP contribution >= 0.6 is 23.1 Å². The number of nitrogens with one attached hydrogen (secondary N) is 2. The Morgan fingerprint density at radius 2 is 1.93 bits per heavy atom. The number of hydrogen-bond donors (Lipinski definition) is 2. The first-order chi connectivity index (χ1) is 14.5. The van der Waals surface area contributed by atoms with E-state index < -0.39 is 23.4 Å². The number of aromatic amines is 1. The highest BCUT2D eigenvalue weighted by Crippen LogP contribution is 2.30. The number of carbonyl (C=O) groups is 1. The van der Waals surface area contributed by atoms with Crippen LogP contribution in [0, 0.1) is 17.5 Å². The number of carbonyl (C=O) groups excluding carboxylic acids is 1. The number of para-hydroxylation sites is 1. The van der Waals surface area contributed by atoms with Crippen LogP contribution in [0.1, 0.15) is 0 Å². The molecule has 0 atom stereocenters. The van der Waals surface area contributed by atoms with E-state index in [1.807, 2.05) is 24.3 Å². The number of thiazole rings is 1. The third-order valence-electron chi connectivity index (χ3n) is 4.20. The van der Waals surface area contributed by atoms with E-state index in [2.05, 4.69) is 30.5 Å². The first-order valence-electron chi connectivity index (χ1n) is 8.47. The van der Waals surface area contributed by atoms with Crippen molar-refractivity contribution in [1.82, 2.24) is 25.1 Å². The lowest BCUT2D eigenvalue weighted by Crippen LogP contribution is -2.14. The van der Waals surface area contributed by atoms with Gasteiger partial charge in [0, 0.05) is 10.9 Å². The first-order valence-corrected chi connectivity index (χ1v) is 10.3. The number of benzene rings is 2. The van der Waals surface area contributed by atoms with Crippen molar-refractivity contribution in [3.05, 3.63) is 47.8 Å². The molecule has 0 aliphatic rings. The molecule has 5 rings (SSSR count). The number of halogens is 3. The second kappa shape index (κ2) is 7.22. The maximum atomic E-state index is 13.8. The highest BCUT2D eigenvalue weighted by atomic mass is 32.2. The molecule has 0 unspecified atom stereocenters. The van der Waals surface area contributed by atoms with Crippen LogP contribution in [0.3, 0.4) is 0 Å². The predicted molar refractivity (Wildman–Crippen MR) is 108 cm³/mol. The maximum absolute atomic E-state index is 13.8. The summed E-state index contributed by atoms with van der Waals surface area (Å²) in [5.41, 5.74) is 1.74. The molecule has 0 saturated heterocycles. The zero-order valence-corrected chi connectivity index (χ0v) is 16.4. The summed E-state index contributed by atoms with van der Waals surface area (Å²) in [4.78, 5) is 23.5. The van der Waals surface area contributed by atoms with Crippen LogP contribution in [0.2, 0.25) is 0 Å². The number of hydrogen-bond acceptors (Lipinski definition) is 7. The topological polar surface area (TPSA) is 96.5 Å². The summed E-state index contributed by atoms with van der Waals surface area (Å²) in [7, 11) is 0. The summed E-state index contributed by atoms with van der Waals surface area (Å²) in [5.74, 6) is -4.82. The minimum absolute atomic E-state index is 0.0320. The van der Waals surface area contributed by atoms with Gasteiger partial charge in [0.15, 0.2) is 28.2 Å². The summed E-state index contributed by atoms with van der Waals surface area (Å²) >= 11 is 1.89. The van der Waals surface area contributed by atoms with Crippen molar-refractivity contribution in [2.75, 3.05) is 11.1 Å². The van der Waals surface area contributed by atoms with Gasteiger partial charge in [0.2, 0.25) is 11.1 Å². The molecule has 30 heavy (non-hydrogen) atoms. The van der Waals surface area contributed by atoms with Crippen molar-refractivity contribution >= 4 is 66.4 Å². The Morgan fingerprint density at radius 1 is 1.10 bits per heavy atom. The summed E-state index contributed by atoms with van der Waals surface area (Å²) in [6, 6.07) is 8.43. The summed E-state index contributed by atoms with van der Waals surface area (Å²) < 4.78 is 40.5. The summed E-state index contributed by atoms with van der Waals surface area (Å²) in [6.45, 7) is 0. The fourth-order valence-corrected chi connectivity index (χ4v) is 4.37. The highest BCUT2D eigenvalue weighted by Gasteiger charge is 2.18. The summed E-state index contributed by atoms with van der Waals surface area (Å²) in [5, 5.41) is 11.9. The second-order valence-electron chi connectivity index (χ2n) is 6.15. The normalized spacial score (nSPS) is 11.6. The molecule has 1 amide bonds. The fourth-order valence-electron chi connectivity index (χ4n) is 2.88. The Bertz CT molecular complexity index is 1450. The van der Waals surface area contributed by atoms with Crippen molar-refractivity contribution in [3.8, 4) is 0 Å². The van der Waals surface area contributed by atoms with Crippen LogP contribution in [0.15, 0.2) is 35.5 Å². The first kappa shape index (κ1) is 18.8. The predicted octanol–water partition coefficient (Wildman–Crippen LogP) is 4.26. The van der Waals surface area contributed by atoms with E-state index >= 15 is 0 Å². The molecule has 0 bridgehead atoms. The van der Waals surface area contributed by atoms with Crippen molar-refractivity contribution < 1.29 is 18.0 Å². The van der Waals surface area contributed by atoms with Gasteiger partial charge in [0.05, 0.1) is 10.5 Å². The van der Waals surface area contributed by atoms with E-state index in [1.54, 1.807) is 0 Å². The largest absolute Gasteiger partial charge is 0.338 e. The highest BCUT2D eigenvalue weighted by molar-refractivity contribution is 7.99. The average Bonchev–Trinajstić information content (AvgIpc) is 3.31. The van der Waals surface area contributed by atoms with E-state index in [-0.39, 0.29) is 21.1 Å². The molecular weight excluding hydrogens is 437 g/mol. The van der Waals surface area contributed by atoms with E-state index in [0.29, 0.717) is 16.3 Å². The van der Waals surface area contributed by atoms with E-state index in [9.17, 15) is 18.0 Å². The number of nitrogens with zero attached hydrogens (tertiary/aromatic N) is 4. The van der Waals surface area contributed by atoms with Gasteiger partial charge in [-0.3, -0.25) is 4.79 Å². The maximum Gasteiger partial charge on any atom is 0.236 e. The molecule has 2 aromatic carbocycles.